The second-order valence-corrected chi connectivity index (χ2v) is 6.03. The minimum absolute atomic E-state index is 0.0162. The molecule has 0 aliphatic heterocycles. The van der Waals surface area contributed by atoms with E-state index < -0.39 is 16.0 Å². The third-order valence-electron chi connectivity index (χ3n) is 2.82. The van der Waals surface area contributed by atoms with E-state index in [-0.39, 0.29) is 28.5 Å². The van der Waals surface area contributed by atoms with Gasteiger partial charge in [0.05, 0.1) is 19.1 Å². The molecule has 0 fully saturated rings. The minimum Gasteiger partial charge on any atom is -0.493 e. The lowest BCUT2D eigenvalue weighted by atomic mass is 10.2. The van der Waals surface area contributed by atoms with Crippen LogP contribution in [0.4, 0.5) is 0 Å². The maximum absolute atomic E-state index is 12.1. The van der Waals surface area contributed by atoms with Crippen LogP contribution in [0, 0.1) is 0 Å². The van der Waals surface area contributed by atoms with Crippen LogP contribution in [0.3, 0.4) is 0 Å². The number of carbonyl (C=O) groups is 1. The monoisotopic (exact) mass is 317 g/mol. The summed E-state index contributed by atoms with van der Waals surface area (Å²) in [4.78, 5) is 11.1. The van der Waals surface area contributed by atoms with Gasteiger partial charge in [-0.15, -0.1) is 0 Å². The molecule has 8 heteroatoms. The first-order valence-electron chi connectivity index (χ1n) is 6.36. The van der Waals surface area contributed by atoms with E-state index in [0.717, 1.165) is 12.5 Å². The van der Waals surface area contributed by atoms with Crippen molar-refractivity contribution >= 4 is 16.0 Å². The molecule has 7 nitrogen and oxygen atoms in total. The Kier molecular flexibility index (Phi) is 5.98. The van der Waals surface area contributed by atoms with E-state index in [1.54, 1.807) is 0 Å². The summed E-state index contributed by atoms with van der Waals surface area (Å²) in [6, 6.07) is 2.29. The Balaban J connectivity index is 3.31. The van der Waals surface area contributed by atoms with Crippen molar-refractivity contribution in [2.24, 2.45) is 0 Å². The average molecular weight is 317 g/mol. The van der Waals surface area contributed by atoms with E-state index in [1.165, 1.54) is 20.3 Å². The van der Waals surface area contributed by atoms with E-state index in [9.17, 15) is 18.3 Å². The van der Waals surface area contributed by atoms with Gasteiger partial charge in [0.25, 0.3) is 0 Å². The standard InChI is InChI=1S/C13H19NO6S/c1-4-5-6-14-21(17,18)9-7-10(13(15)16)12(20-3)11(8-9)19-2/h7-8,14H,4-6H2,1-3H3,(H,15,16). The summed E-state index contributed by atoms with van der Waals surface area (Å²) in [6.45, 7) is 2.23. The fourth-order valence-electron chi connectivity index (χ4n) is 1.72. The molecule has 0 aliphatic rings. The normalized spacial score (nSPS) is 11.2. The predicted octanol–water partition coefficient (Wildman–Crippen LogP) is 1.48. The molecule has 1 aromatic rings. The van der Waals surface area contributed by atoms with Gasteiger partial charge < -0.3 is 14.6 Å². The molecular weight excluding hydrogens is 298 g/mol. The zero-order chi connectivity index (χ0) is 16.0. The lowest BCUT2D eigenvalue weighted by molar-refractivity contribution is 0.0692. The van der Waals surface area contributed by atoms with Crippen LogP contribution in [-0.4, -0.2) is 40.3 Å². The van der Waals surface area contributed by atoms with E-state index in [0.29, 0.717) is 6.42 Å². The number of nitrogens with one attached hydrogen (secondary N) is 1. The number of sulfonamides is 1. The predicted molar refractivity (Wildman–Crippen MR) is 76.6 cm³/mol. The van der Waals surface area contributed by atoms with Gasteiger partial charge in [0.1, 0.15) is 5.56 Å². The molecule has 0 spiro atoms. The van der Waals surface area contributed by atoms with Crippen molar-refractivity contribution in [2.75, 3.05) is 20.8 Å². The third kappa shape index (κ3) is 4.08. The van der Waals surface area contributed by atoms with E-state index >= 15 is 0 Å². The first-order chi connectivity index (χ1) is 9.87. The highest BCUT2D eigenvalue weighted by atomic mass is 32.2. The summed E-state index contributed by atoms with van der Waals surface area (Å²) >= 11 is 0. The quantitative estimate of drug-likeness (QED) is 0.704. The zero-order valence-electron chi connectivity index (χ0n) is 12.2. The van der Waals surface area contributed by atoms with Crippen molar-refractivity contribution in [1.29, 1.82) is 0 Å². The van der Waals surface area contributed by atoms with Gasteiger partial charge in [-0.3, -0.25) is 0 Å². The Hall–Kier alpha value is -1.80. The minimum atomic E-state index is -3.80. The molecule has 2 N–H and O–H groups in total. The molecule has 1 rings (SSSR count). The van der Waals surface area contributed by atoms with Crippen LogP contribution in [0.2, 0.25) is 0 Å². The molecule has 0 atom stereocenters. The van der Waals surface area contributed by atoms with Gasteiger partial charge in [-0.1, -0.05) is 13.3 Å². The molecule has 0 saturated carbocycles. The molecule has 1 aromatic carbocycles. The Labute approximate surface area is 123 Å². The number of carboxylic acids is 1. The Morgan fingerprint density at radius 2 is 1.95 bits per heavy atom. The lowest BCUT2D eigenvalue weighted by Gasteiger charge is -2.13. The number of unbranched alkanes of at least 4 members (excludes halogenated alkanes) is 1. The SMILES string of the molecule is CCCCNS(=O)(=O)c1cc(OC)c(OC)c(C(=O)O)c1. The largest absolute Gasteiger partial charge is 0.493 e. The maximum atomic E-state index is 12.1. The fourth-order valence-corrected chi connectivity index (χ4v) is 2.83. The van der Waals surface area contributed by atoms with Crippen LogP contribution in [0.15, 0.2) is 17.0 Å². The zero-order valence-corrected chi connectivity index (χ0v) is 13.0. The van der Waals surface area contributed by atoms with Crippen molar-refractivity contribution in [3.05, 3.63) is 17.7 Å². The van der Waals surface area contributed by atoms with Gasteiger partial charge in [-0.25, -0.2) is 17.9 Å². The highest BCUT2D eigenvalue weighted by Crippen LogP contribution is 2.34. The van der Waals surface area contributed by atoms with Crippen molar-refractivity contribution in [3.8, 4) is 11.5 Å². The number of aromatic carboxylic acids is 1. The third-order valence-corrected chi connectivity index (χ3v) is 4.26. The molecule has 21 heavy (non-hydrogen) atoms. The van der Waals surface area contributed by atoms with Gasteiger partial charge in [0.15, 0.2) is 11.5 Å². The van der Waals surface area contributed by atoms with Crippen LogP contribution in [0.5, 0.6) is 11.5 Å². The number of ether oxygens (including phenoxy) is 2. The van der Waals surface area contributed by atoms with Crippen LogP contribution < -0.4 is 14.2 Å². The van der Waals surface area contributed by atoms with Gasteiger partial charge in [0.2, 0.25) is 10.0 Å². The summed E-state index contributed by atoms with van der Waals surface area (Å²) in [5.74, 6) is -1.26. The van der Waals surface area contributed by atoms with Gasteiger partial charge in [0, 0.05) is 12.6 Å². The number of carboxylic acid groups (broad SMARTS) is 1. The highest BCUT2D eigenvalue weighted by Gasteiger charge is 2.23. The topological polar surface area (TPSA) is 102 Å². The molecule has 0 aromatic heterocycles. The molecule has 0 saturated heterocycles. The summed E-state index contributed by atoms with van der Waals surface area (Å²) in [7, 11) is -1.20. The molecule has 0 aliphatic carbocycles. The average Bonchev–Trinajstić information content (AvgIpc) is 2.45. The van der Waals surface area contributed by atoms with Gasteiger partial charge in [-0.2, -0.15) is 0 Å². The Bertz CT molecular complexity index is 611. The van der Waals surface area contributed by atoms with Crippen molar-refractivity contribution in [2.45, 2.75) is 24.7 Å². The molecule has 118 valence electrons. The Morgan fingerprint density at radius 3 is 2.43 bits per heavy atom. The molecule has 0 amide bonds. The molecule has 0 radical (unpaired) electrons. The van der Waals surface area contributed by atoms with Crippen LogP contribution in [-0.2, 0) is 10.0 Å². The summed E-state index contributed by atoms with van der Waals surface area (Å²) in [6.07, 6.45) is 1.53. The van der Waals surface area contributed by atoms with Crippen LogP contribution in [0.1, 0.15) is 30.1 Å². The van der Waals surface area contributed by atoms with Crippen molar-refractivity contribution < 1.29 is 27.8 Å². The number of rotatable bonds is 8. The summed E-state index contributed by atoms with van der Waals surface area (Å²) in [5, 5.41) is 9.17. The van der Waals surface area contributed by atoms with E-state index in [4.69, 9.17) is 9.47 Å². The second-order valence-electron chi connectivity index (χ2n) is 4.26. The van der Waals surface area contributed by atoms with Crippen molar-refractivity contribution in [3.63, 3.8) is 0 Å². The number of benzene rings is 1. The fraction of sp³-hybridized carbons (Fsp3) is 0.462. The smallest absolute Gasteiger partial charge is 0.339 e. The molecule has 0 bridgehead atoms. The van der Waals surface area contributed by atoms with Gasteiger partial charge >= 0.3 is 5.97 Å². The highest BCUT2D eigenvalue weighted by molar-refractivity contribution is 7.89. The number of methoxy groups -OCH3 is 2. The van der Waals surface area contributed by atoms with Crippen LogP contribution in [0.25, 0.3) is 0 Å². The van der Waals surface area contributed by atoms with Crippen molar-refractivity contribution in [1.82, 2.24) is 4.72 Å². The maximum Gasteiger partial charge on any atom is 0.339 e. The molecule has 0 unspecified atom stereocenters. The molecule has 0 heterocycles. The molecular formula is C13H19NO6S. The summed E-state index contributed by atoms with van der Waals surface area (Å²) < 4.78 is 36.7. The Morgan fingerprint density at radius 1 is 1.29 bits per heavy atom. The summed E-state index contributed by atoms with van der Waals surface area (Å²) in [5.41, 5.74) is -0.271. The van der Waals surface area contributed by atoms with E-state index in [2.05, 4.69) is 4.72 Å². The second kappa shape index (κ2) is 7.28. The van der Waals surface area contributed by atoms with E-state index in [1.807, 2.05) is 6.92 Å². The first-order valence-corrected chi connectivity index (χ1v) is 7.84. The lowest BCUT2D eigenvalue weighted by Crippen LogP contribution is -2.25. The number of hydrogen-bond donors (Lipinski definition) is 2. The van der Waals surface area contributed by atoms with Crippen LogP contribution >= 0.6 is 0 Å². The van der Waals surface area contributed by atoms with Gasteiger partial charge in [-0.05, 0) is 12.5 Å². The number of hydrogen-bond acceptors (Lipinski definition) is 5. The first kappa shape index (κ1) is 17.3.